The number of para-hydroxylation sites is 1. The van der Waals surface area contributed by atoms with E-state index in [0.717, 1.165) is 0 Å². The highest BCUT2D eigenvalue weighted by atomic mass is 32.1. The zero-order chi connectivity index (χ0) is 20.0. The second-order valence-electron chi connectivity index (χ2n) is 6.20. The molecule has 2 amide bonds. The van der Waals surface area contributed by atoms with Gasteiger partial charge in [-0.2, -0.15) is 0 Å². The SMILES string of the molecule is COC(=O)CC1C(=O)NCCN1C(=S)NC(=O)c1ccccc1OC(C)C. The summed E-state index contributed by atoms with van der Waals surface area (Å²) in [6.07, 6.45) is -0.257. The zero-order valence-electron chi connectivity index (χ0n) is 15.5. The summed E-state index contributed by atoms with van der Waals surface area (Å²) in [4.78, 5) is 37.9. The van der Waals surface area contributed by atoms with Gasteiger partial charge < -0.3 is 19.7 Å². The third kappa shape index (κ3) is 5.40. The minimum absolute atomic E-state index is 0.0723. The molecule has 9 heteroatoms. The van der Waals surface area contributed by atoms with E-state index < -0.39 is 17.9 Å². The van der Waals surface area contributed by atoms with E-state index in [-0.39, 0.29) is 23.5 Å². The van der Waals surface area contributed by atoms with Crippen LogP contribution in [0, 0.1) is 0 Å². The standard InChI is InChI=1S/C18H23N3O5S/c1-11(2)26-14-7-5-4-6-12(14)16(23)20-18(27)21-9-8-19-17(24)13(21)10-15(22)25-3/h4-7,11,13H,8-10H2,1-3H3,(H,19,24)(H,20,23,27). The number of methoxy groups -OCH3 is 1. The molecule has 146 valence electrons. The molecular formula is C18H23N3O5S. The molecule has 2 rings (SSSR count). The van der Waals surface area contributed by atoms with Crippen molar-refractivity contribution in [2.45, 2.75) is 32.4 Å². The number of thiocarbonyl (C=S) groups is 1. The second kappa shape index (κ2) is 9.31. The van der Waals surface area contributed by atoms with E-state index >= 15 is 0 Å². The molecule has 8 nitrogen and oxygen atoms in total. The maximum atomic E-state index is 12.7. The molecule has 2 N–H and O–H groups in total. The number of carbonyl (C=O) groups excluding carboxylic acids is 3. The Morgan fingerprint density at radius 2 is 2.07 bits per heavy atom. The molecule has 1 aliphatic rings. The lowest BCUT2D eigenvalue weighted by Gasteiger charge is -2.36. The predicted molar refractivity (Wildman–Crippen MR) is 102 cm³/mol. The Bertz CT molecular complexity index is 737. The van der Waals surface area contributed by atoms with Gasteiger partial charge in [-0.05, 0) is 38.2 Å². The monoisotopic (exact) mass is 393 g/mol. The summed E-state index contributed by atoms with van der Waals surface area (Å²) in [5.41, 5.74) is 0.333. The molecule has 1 aromatic carbocycles. The van der Waals surface area contributed by atoms with Crippen LogP contribution < -0.4 is 15.4 Å². The maximum absolute atomic E-state index is 12.7. The van der Waals surface area contributed by atoms with Crippen molar-refractivity contribution in [1.82, 2.24) is 15.5 Å². The van der Waals surface area contributed by atoms with Crippen molar-refractivity contribution in [3.8, 4) is 5.75 Å². The first-order valence-corrected chi connectivity index (χ1v) is 8.96. The maximum Gasteiger partial charge on any atom is 0.308 e. The Hall–Kier alpha value is -2.68. The molecule has 0 aromatic heterocycles. The van der Waals surface area contributed by atoms with E-state index in [0.29, 0.717) is 24.4 Å². The number of amides is 2. The molecule has 0 radical (unpaired) electrons. The first-order chi connectivity index (χ1) is 12.8. The Morgan fingerprint density at radius 3 is 2.74 bits per heavy atom. The molecule has 1 unspecified atom stereocenters. The Kier molecular flexibility index (Phi) is 7.12. The normalized spacial score (nSPS) is 16.5. The van der Waals surface area contributed by atoms with Crippen molar-refractivity contribution in [3.05, 3.63) is 29.8 Å². The molecule has 1 heterocycles. The summed E-state index contributed by atoms with van der Waals surface area (Å²) in [6, 6.07) is 5.99. The summed E-state index contributed by atoms with van der Waals surface area (Å²) in [6.45, 7) is 4.46. The lowest BCUT2D eigenvalue weighted by atomic mass is 10.1. The van der Waals surface area contributed by atoms with Crippen LogP contribution >= 0.6 is 12.2 Å². The molecule has 0 saturated carbocycles. The van der Waals surface area contributed by atoms with Crippen LogP contribution in [0.25, 0.3) is 0 Å². The van der Waals surface area contributed by atoms with Crippen LogP contribution in [0.3, 0.4) is 0 Å². The Morgan fingerprint density at radius 1 is 1.37 bits per heavy atom. The highest BCUT2D eigenvalue weighted by Gasteiger charge is 2.34. The van der Waals surface area contributed by atoms with Gasteiger partial charge >= 0.3 is 5.97 Å². The first-order valence-electron chi connectivity index (χ1n) is 8.55. The summed E-state index contributed by atoms with van der Waals surface area (Å²) >= 11 is 5.32. The minimum atomic E-state index is -0.832. The van der Waals surface area contributed by atoms with Crippen molar-refractivity contribution >= 4 is 35.1 Å². The molecule has 0 bridgehead atoms. The van der Waals surface area contributed by atoms with Crippen LogP contribution in [0.5, 0.6) is 5.75 Å². The van der Waals surface area contributed by atoms with Crippen LogP contribution in [0.2, 0.25) is 0 Å². The zero-order valence-corrected chi connectivity index (χ0v) is 16.3. The van der Waals surface area contributed by atoms with Gasteiger partial charge in [0.25, 0.3) is 5.91 Å². The van der Waals surface area contributed by atoms with Crippen LogP contribution in [-0.4, -0.2) is 60.1 Å². The smallest absolute Gasteiger partial charge is 0.308 e. The van der Waals surface area contributed by atoms with Gasteiger partial charge in [0.2, 0.25) is 5.91 Å². The van der Waals surface area contributed by atoms with Crippen molar-refractivity contribution in [2.24, 2.45) is 0 Å². The number of nitrogens with one attached hydrogen (secondary N) is 2. The average Bonchev–Trinajstić information content (AvgIpc) is 2.62. The fraction of sp³-hybridized carbons (Fsp3) is 0.444. The third-order valence-electron chi connectivity index (χ3n) is 3.89. The van der Waals surface area contributed by atoms with Gasteiger partial charge in [0, 0.05) is 13.1 Å². The number of piperazine rings is 1. The van der Waals surface area contributed by atoms with Gasteiger partial charge in [0.05, 0.1) is 25.2 Å². The molecule has 27 heavy (non-hydrogen) atoms. The fourth-order valence-electron chi connectivity index (χ4n) is 2.65. The lowest BCUT2D eigenvalue weighted by molar-refractivity contribution is -0.144. The molecule has 1 saturated heterocycles. The summed E-state index contributed by atoms with van der Waals surface area (Å²) in [7, 11) is 1.25. The highest BCUT2D eigenvalue weighted by molar-refractivity contribution is 7.80. The molecule has 1 fully saturated rings. The predicted octanol–water partition coefficient (Wildman–Crippen LogP) is 0.852. The van der Waals surface area contributed by atoms with E-state index in [9.17, 15) is 14.4 Å². The number of ether oxygens (including phenoxy) is 2. The molecule has 0 aliphatic carbocycles. The molecule has 0 spiro atoms. The quantitative estimate of drug-likeness (QED) is 0.565. The van der Waals surface area contributed by atoms with Crippen molar-refractivity contribution in [2.75, 3.05) is 20.2 Å². The first kappa shape index (κ1) is 20.6. The molecular weight excluding hydrogens is 370 g/mol. The number of carbonyl (C=O) groups is 3. The van der Waals surface area contributed by atoms with Gasteiger partial charge in [-0.15, -0.1) is 0 Å². The second-order valence-corrected chi connectivity index (χ2v) is 6.59. The van der Waals surface area contributed by atoms with E-state index in [4.69, 9.17) is 17.0 Å². The summed E-state index contributed by atoms with van der Waals surface area (Å²) in [5.74, 6) is -0.881. The fourth-order valence-corrected chi connectivity index (χ4v) is 2.96. The van der Waals surface area contributed by atoms with Crippen LogP contribution in [0.15, 0.2) is 24.3 Å². The molecule has 1 aliphatic heterocycles. The lowest BCUT2D eigenvalue weighted by Crippen LogP contribution is -2.60. The topological polar surface area (TPSA) is 97.0 Å². The largest absolute Gasteiger partial charge is 0.490 e. The van der Waals surface area contributed by atoms with Crippen LogP contribution in [0.4, 0.5) is 0 Å². The van der Waals surface area contributed by atoms with E-state index in [2.05, 4.69) is 15.4 Å². The minimum Gasteiger partial charge on any atom is -0.490 e. The van der Waals surface area contributed by atoms with Crippen LogP contribution in [-0.2, 0) is 14.3 Å². The number of nitrogens with zero attached hydrogens (tertiary/aromatic N) is 1. The number of hydrogen-bond acceptors (Lipinski definition) is 6. The van der Waals surface area contributed by atoms with Gasteiger partial charge in [-0.3, -0.25) is 19.7 Å². The van der Waals surface area contributed by atoms with Gasteiger partial charge in [-0.1, -0.05) is 12.1 Å². The van der Waals surface area contributed by atoms with Gasteiger partial charge in [0.1, 0.15) is 11.8 Å². The number of hydrogen-bond donors (Lipinski definition) is 2. The van der Waals surface area contributed by atoms with E-state index in [1.807, 2.05) is 13.8 Å². The van der Waals surface area contributed by atoms with Crippen molar-refractivity contribution in [3.63, 3.8) is 0 Å². The average molecular weight is 393 g/mol. The molecule has 1 atom stereocenters. The highest BCUT2D eigenvalue weighted by Crippen LogP contribution is 2.19. The van der Waals surface area contributed by atoms with E-state index in [1.54, 1.807) is 24.3 Å². The summed E-state index contributed by atoms with van der Waals surface area (Å²) < 4.78 is 10.3. The van der Waals surface area contributed by atoms with Crippen molar-refractivity contribution < 1.29 is 23.9 Å². The molecule has 1 aromatic rings. The number of benzene rings is 1. The summed E-state index contributed by atoms with van der Waals surface area (Å²) in [5, 5.41) is 5.38. The van der Waals surface area contributed by atoms with Crippen LogP contribution in [0.1, 0.15) is 30.6 Å². The Labute approximate surface area is 163 Å². The number of rotatable bonds is 5. The number of esters is 1. The van der Waals surface area contributed by atoms with Gasteiger partial charge in [-0.25, -0.2) is 0 Å². The Balaban J connectivity index is 2.14. The third-order valence-corrected chi connectivity index (χ3v) is 4.23. The van der Waals surface area contributed by atoms with Crippen molar-refractivity contribution in [1.29, 1.82) is 0 Å². The van der Waals surface area contributed by atoms with Gasteiger partial charge in [0.15, 0.2) is 5.11 Å². The van der Waals surface area contributed by atoms with E-state index in [1.165, 1.54) is 12.0 Å².